The van der Waals surface area contributed by atoms with E-state index in [0.717, 1.165) is 24.3 Å². The number of phenols is 1. The Hall–Kier alpha value is -0.680. The molecule has 20 heavy (non-hydrogen) atoms. The number of fused-ring (bicyclic) bond motifs is 1. The zero-order chi connectivity index (χ0) is 14.4. The molecule has 0 aliphatic rings. The Bertz CT molecular complexity index is 872. The molecule has 102 valence electrons. The third kappa shape index (κ3) is 3.50. The van der Waals surface area contributed by atoms with Crippen LogP contribution in [0.1, 0.15) is 0 Å². The largest absolute Gasteiger partial charge is 1.00 e. The first-order valence-corrected chi connectivity index (χ1v) is 7.59. The maximum atomic E-state index is 10.9. The minimum absolute atomic E-state index is 0. The van der Waals surface area contributed by atoms with Crippen molar-refractivity contribution in [2.75, 3.05) is 0 Å². The van der Waals surface area contributed by atoms with Gasteiger partial charge in [-0.05, 0) is 35.0 Å². The van der Waals surface area contributed by atoms with E-state index in [0.29, 0.717) is 0 Å². The molecular formula is C10H6NaO7S2-. The second-order valence-corrected chi connectivity index (χ2v) is 6.46. The van der Waals surface area contributed by atoms with Gasteiger partial charge in [0.25, 0.3) is 0 Å². The summed E-state index contributed by atoms with van der Waals surface area (Å²) in [6.07, 6.45) is 0. The van der Waals surface area contributed by atoms with Crippen LogP contribution in [-0.2, 0) is 20.2 Å². The topological polar surface area (TPSA) is 135 Å². The van der Waals surface area contributed by atoms with Crippen LogP contribution < -0.4 is 29.6 Å². The number of rotatable bonds is 2. The van der Waals surface area contributed by atoms with Crippen LogP contribution in [0.25, 0.3) is 10.8 Å². The van der Waals surface area contributed by atoms with Crippen molar-refractivity contribution in [2.45, 2.75) is 9.79 Å². The standard InChI is InChI=1S/C10H8O7S2.Na/c11-9-4-7-3-8(18(12,13)14)2-1-6(7)5-10(9)19(15,16)17;/h1-5,11H,(H,12,13,14)(H,15,16,17);/q;+1/p-2. The van der Waals surface area contributed by atoms with E-state index in [1.807, 2.05) is 0 Å². The molecule has 1 N–H and O–H groups in total. The van der Waals surface area contributed by atoms with Crippen molar-refractivity contribution in [2.24, 2.45) is 0 Å². The molecule has 0 aliphatic heterocycles. The van der Waals surface area contributed by atoms with Gasteiger partial charge in [-0.1, -0.05) is 6.07 Å². The predicted octanol–water partition coefficient (Wildman–Crippen LogP) is -2.64. The zero-order valence-electron chi connectivity index (χ0n) is 10.1. The number of hydrogen-bond donors (Lipinski definition) is 1. The number of aromatic hydroxyl groups is 1. The summed E-state index contributed by atoms with van der Waals surface area (Å²) in [6.45, 7) is 0. The van der Waals surface area contributed by atoms with Crippen LogP contribution in [0.15, 0.2) is 40.1 Å². The molecule has 0 saturated carbocycles. The zero-order valence-corrected chi connectivity index (χ0v) is 13.7. The molecule has 0 heterocycles. The predicted molar refractivity (Wildman–Crippen MR) is 61.5 cm³/mol. The second-order valence-electron chi connectivity index (χ2n) is 3.74. The van der Waals surface area contributed by atoms with Gasteiger partial charge >= 0.3 is 29.6 Å². The normalized spacial score (nSPS) is 12.1. The van der Waals surface area contributed by atoms with Crippen LogP contribution in [-0.4, -0.2) is 31.0 Å². The molecule has 7 nitrogen and oxygen atoms in total. The van der Waals surface area contributed by atoms with Crippen molar-refractivity contribution in [1.29, 1.82) is 0 Å². The van der Waals surface area contributed by atoms with E-state index in [1.54, 1.807) is 0 Å². The van der Waals surface area contributed by atoms with E-state index >= 15 is 0 Å². The van der Waals surface area contributed by atoms with Gasteiger partial charge in [0, 0.05) is 0 Å². The van der Waals surface area contributed by atoms with Crippen molar-refractivity contribution >= 4 is 31.0 Å². The molecule has 0 radical (unpaired) electrons. The molecule has 0 aliphatic carbocycles. The van der Waals surface area contributed by atoms with Crippen LogP contribution >= 0.6 is 0 Å². The van der Waals surface area contributed by atoms with Crippen LogP contribution in [0.3, 0.4) is 0 Å². The minimum atomic E-state index is -4.84. The monoisotopic (exact) mass is 325 g/mol. The van der Waals surface area contributed by atoms with Crippen molar-refractivity contribution in [3.8, 4) is 5.75 Å². The number of phenolic OH excluding ortho intramolecular Hbond substituents is 1. The summed E-state index contributed by atoms with van der Waals surface area (Å²) in [4.78, 5) is -1.32. The molecule has 2 rings (SSSR count). The molecule has 0 saturated heterocycles. The summed E-state index contributed by atoms with van der Waals surface area (Å²) in [6, 6.07) is 4.97. The van der Waals surface area contributed by atoms with Gasteiger partial charge in [-0.3, -0.25) is 0 Å². The van der Waals surface area contributed by atoms with Crippen LogP contribution in [0.5, 0.6) is 5.75 Å². The molecule has 0 unspecified atom stereocenters. The fourth-order valence-corrected chi connectivity index (χ4v) is 2.69. The van der Waals surface area contributed by atoms with Gasteiger partial charge in [0.1, 0.15) is 26.0 Å². The van der Waals surface area contributed by atoms with Crippen molar-refractivity contribution in [3.05, 3.63) is 30.3 Å². The maximum absolute atomic E-state index is 10.9. The first-order chi connectivity index (χ1) is 8.59. The minimum Gasteiger partial charge on any atom is -0.744 e. The van der Waals surface area contributed by atoms with Gasteiger partial charge in [0.15, 0.2) is 0 Å². The van der Waals surface area contributed by atoms with Crippen molar-refractivity contribution in [3.63, 3.8) is 0 Å². The van der Waals surface area contributed by atoms with Gasteiger partial charge in [0.05, 0.1) is 9.79 Å². The average molecular weight is 325 g/mol. The third-order valence-electron chi connectivity index (χ3n) is 2.45. The smallest absolute Gasteiger partial charge is 0.744 e. The molecule has 0 bridgehead atoms. The Morgan fingerprint density at radius 1 is 0.850 bits per heavy atom. The summed E-state index contributed by atoms with van der Waals surface area (Å²) in [7, 11) is -9.50. The fourth-order valence-electron chi connectivity index (χ4n) is 1.60. The quantitative estimate of drug-likeness (QED) is 0.471. The molecule has 0 aromatic heterocycles. The van der Waals surface area contributed by atoms with E-state index in [9.17, 15) is 31.0 Å². The van der Waals surface area contributed by atoms with E-state index < -0.39 is 35.8 Å². The van der Waals surface area contributed by atoms with Crippen LogP contribution in [0, 0.1) is 0 Å². The molecule has 0 fully saturated rings. The Labute approximate surface area is 137 Å². The Kier molecular flexibility index (Phi) is 4.87. The molecule has 10 heteroatoms. The SMILES string of the molecule is O=S(=O)([O-])c1ccc2cc(S(=O)(=O)[O-])c(O)cc2c1.[Na+]. The molecule has 2 aromatic carbocycles. The van der Waals surface area contributed by atoms with E-state index in [1.165, 1.54) is 6.07 Å². The molecular weight excluding hydrogens is 319 g/mol. The van der Waals surface area contributed by atoms with Gasteiger partial charge < -0.3 is 14.2 Å². The summed E-state index contributed by atoms with van der Waals surface area (Å²) in [5.74, 6) is -0.803. The van der Waals surface area contributed by atoms with E-state index in [-0.39, 0.29) is 40.3 Å². The molecule has 0 amide bonds. The van der Waals surface area contributed by atoms with Crippen LogP contribution in [0.2, 0.25) is 0 Å². The Morgan fingerprint density at radius 2 is 1.45 bits per heavy atom. The summed E-state index contributed by atoms with van der Waals surface area (Å²) in [5.41, 5.74) is 0. The summed E-state index contributed by atoms with van der Waals surface area (Å²) >= 11 is 0. The second kappa shape index (κ2) is 5.60. The molecule has 0 atom stereocenters. The number of benzene rings is 2. The van der Waals surface area contributed by atoms with E-state index in [4.69, 9.17) is 0 Å². The Balaban J connectivity index is 0.00000200. The summed E-state index contributed by atoms with van der Waals surface area (Å²) in [5, 5.41) is 9.77. The fraction of sp³-hybridized carbons (Fsp3) is 0. The first-order valence-electron chi connectivity index (χ1n) is 4.77. The van der Waals surface area contributed by atoms with Gasteiger partial charge in [0.2, 0.25) is 0 Å². The first kappa shape index (κ1) is 17.4. The van der Waals surface area contributed by atoms with Gasteiger partial charge in [-0.2, -0.15) is 0 Å². The summed E-state index contributed by atoms with van der Waals surface area (Å²) < 4.78 is 65.1. The third-order valence-corrected chi connectivity index (χ3v) is 4.14. The van der Waals surface area contributed by atoms with Crippen molar-refractivity contribution < 1.29 is 60.6 Å². The molecule has 2 aromatic rings. The van der Waals surface area contributed by atoms with Crippen LogP contribution in [0.4, 0.5) is 0 Å². The van der Waals surface area contributed by atoms with E-state index in [2.05, 4.69) is 0 Å². The average Bonchev–Trinajstić information content (AvgIpc) is 2.24. The van der Waals surface area contributed by atoms with Gasteiger partial charge in [-0.25, -0.2) is 16.8 Å². The number of hydrogen-bond acceptors (Lipinski definition) is 7. The Morgan fingerprint density at radius 3 is 1.95 bits per heavy atom. The van der Waals surface area contributed by atoms with Crippen molar-refractivity contribution in [1.82, 2.24) is 0 Å². The molecule has 0 spiro atoms. The van der Waals surface area contributed by atoms with Gasteiger partial charge in [-0.15, -0.1) is 0 Å². The maximum Gasteiger partial charge on any atom is 1.00 e.